The van der Waals surface area contributed by atoms with Crippen molar-refractivity contribution in [3.8, 4) is 0 Å². The molecule has 16 heavy (non-hydrogen) atoms. The van der Waals surface area contributed by atoms with E-state index >= 15 is 0 Å². The van der Waals surface area contributed by atoms with Crippen LogP contribution in [0.4, 0.5) is 5.82 Å². The summed E-state index contributed by atoms with van der Waals surface area (Å²) in [5.74, 6) is 0.904. The van der Waals surface area contributed by atoms with Crippen LogP contribution in [0.2, 0.25) is 0 Å². The van der Waals surface area contributed by atoms with Crippen LogP contribution < -0.4 is 4.90 Å². The van der Waals surface area contributed by atoms with Gasteiger partial charge in [0.05, 0.1) is 30.7 Å². The van der Waals surface area contributed by atoms with Gasteiger partial charge in [-0.2, -0.15) is 0 Å². The first-order chi connectivity index (χ1) is 7.70. The van der Waals surface area contributed by atoms with Gasteiger partial charge in [0, 0.05) is 19.3 Å². The number of hydrogen-bond acceptors (Lipinski definition) is 5. The highest BCUT2D eigenvalue weighted by Crippen LogP contribution is 2.18. The van der Waals surface area contributed by atoms with Crippen molar-refractivity contribution in [1.82, 2.24) is 9.97 Å². The number of ether oxygens (including phenoxy) is 1. The summed E-state index contributed by atoms with van der Waals surface area (Å²) in [5.41, 5.74) is 1.83. The molecule has 1 aliphatic heterocycles. The van der Waals surface area contributed by atoms with Crippen LogP contribution in [0.15, 0.2) is 6.20 Å². The Morgan fingerprint density at radius 2 is 2.38 bits per heavy atom. The van der Waals surface area contributed by atoms with E-state index in [-0.39, 0.29) is 12.7 Å². The standard InChI is InChI=1S/C11H17N3O2/c1-8-5-12-9(2)11(13-8)14-3-4-16-10(6-14)7-15/h5,10,15H,3-4,6-7H2,1-2H3. The van der Waals surface area contributed by atoms with Crippen molar-refractivity contribution in [1.29, 1.82) is 0 Å². The quantitative estimate of drug-likeness (QED) is 0.781. The Morgan fingerprint density at radius 1 is 1.56 bits per heavy atom. The van der Waals surface area contributed by atoms with Gasteiger partial charge in [-0.3, -0.25) is 4.98 Å². The summed E-state index contributed by atoms with van der Waals surface area (Å²) in [4.78, 5) is 10.9. The van der Waals surface area contributed by atoms with Crippen LogP contribution in [0.5, 0.6) is 0 Å². The highest BCUT2D eigenvalue weighted by atomic mass is 16.5. The zero-order valence-electron chi connectivity index (χ0n) is 9.68. The molecule has 0 saturated carbocycles. The van der Waals surface area contributed by atoms with Gasteiger partial charge in [0.15, 0.2) is 5.82 Å². The van der Waals surface area contributed by atoms with E-state index in [9.17, 15) is 0 Å². The Hall–Kier alpha value is -1.20. The fraction of sp³-hybridized carbons (Fsp3) is 0.636. The monoisotopic (exact) mass is 223 g/mol. The van der Waals surface area contributed by atoms with Gasteiger partial charge >= 0.3 is 0 Å². The number of aromatic nitrogens is 2. The number of rotatable bonds is 2. The van der Waals surface area contributed by atoms with Gasteiger partial charge in [-0.05, 0) is 13.8 Å². The molecular weight excluding hydrogens is 206 g/mol. The molecule has 1 unspecified atom stereocenters. The van der Waals surface area contributed by atoms with Crippen LogP contribution in [0.25, 0.3) is 0 Å². The van der Waals surface area contributed by atoms with E-state index in [0.717, 1.165) is 23.8 Å². The Bertz CT molecular complexity index is 370. The first-order valence-corrected chi connectivity index (χ1v) is 5.48. The molecule has 0 spiro atoms. The normalized spacial score (nSPS) is 21.2. The lowest BCUT2D eigenvalue weighted by atomic mass is 10.2. The van der Waals surface area contributed by atoms with Crippen LogP contribution in [-0.4, -0.2) is 47.5 Å². The molecule has 0 radical (unpaired) electrons. The van der Waals surface area contributed by atoms with Crippen molar-refractivity contribution in [2.45, 2.75) is 20.0 Å². The van der Waals surface area contributed by atoms with E-state index < -0.39 is 0 Å². The molecule has 1 saturated heterocycles. The van der Waals surface area contributed by atoms with E-state index in [1.165, 1.54) is 0 Å². The van der Waals surface area contributed by atoms with Crippen LogP contribution >= 0.6 is 0 Å². The number of aliphatic hydroxyl groups excluding tert-OH is 1. The van der Waals surface area contributed by atoms with Gasteiger partial charge in [0.2, 0.25) is 0 Å². The predicted molar refractivity (Wildman–Crippen MR) is 60.5 cm³/mol. The van der Waals surface area contributed by atoms with Crippen molar-refractivity contribution in [3.63, 3.8) is 0 Å². The maximum atomic E-state index is 9.09. The summed E-state index contributed by atoms with van der Waals surface area (Å²) >= 11 is 0. The smallest absolute Gasteiger partial charge is 0.150 e. The van der Waals surface area contributed by atoms with Gasteiger partial charge < -0.3 is 14.7 Å². The van der Waals surface area contributed by atoms with E-state index in [2.05, 4.69) is 14.9 Å². The molecule has 5 nitrogen and oxygen atoms in total. The molecule has 1 aliphatic rings. The van der Waals surface area contributed by atoms with E-state index in [1.54, 1.807) is 6.20 Å². The number of nitrogens with zero attached hydrogens (tertiary/aromatic N) is 3. The minimum absolute atomic E-state index is 0.0504. The highest BCUT2D eigenvalue weighted by molar-refractivity contribution is 5.43. The number of hydrogen-bond donors (Lipinski definition) is 1. The third kappa shape index (κ3) is 2.31. The third-order valence-electron chi connectivity index (χ3n) is 2.69. The molecule has 0 amide bonds. The molecule has 0 aliphatic carbocycles. The average molecular weight is 223 g/mol. The van der Waals surface area contributed by atoms with Crippen molar-refractivity contribution in [3.05, 3.63) is 17.6 Å². The molecule has 0 bridgehead atoms. The van der Waals surface area contributed by atoms with E-state index in [4.69, 9.17) is 9.84 Å². The zero-order valence-corrected chi connectivity index (χ0v) is 9.68. The topological polar surface area (TPSA) is 58.5 Å². The highest BCUT2D eigenvalue weighted by Gasteiger charge is 2.22. The van der Waals surface area contributed by atoms with Crippen LogP contribution in [0.3, 0.4) is 0 Å². The largest absolute Gasteiger partial charge is 0.394 e. The molecule has 0 aromatic carbocycles. The summed E-state index contributed by atoms with van der Waals surface area (Å²) in [6.45, 7) is 6.03. The number of aryl methyl sites for hydroxylation is 2. The fourth-order valence-corrected chi connectivity index (χ4v) is 1.85. The maximum absolute atomic E-state index is 9.09. The van der Waals surface area contributed by atoms with Crippen LogP contribution in [-0.2, 0) is 4.74 Å². The summed E-state index contributed by atoms with van der Waals surface area (Å²) in [6.07, 6.45) is 1.65. The Morgan fingerprint density at radius 3 is 3.12 bits per heavy atom. The molecule has 1 N–H and O–H groups in total. The number of aliphatic hydroxyl groups is 1. The van der Waals surface area contributed by atoms with Crippen LogP contribution in [0.1, 0.15) is 11.4 Å². The van der Waals surface area contributed by atoms with Gasteiger partial charge in [-0.1, -0.05) is 0 Å². The predicted octanol–water partition coefficient (Wildman–Crippen LogP) is 0.291. The molecule has 1 aromatic rings. The summed E-state index contributed by atoms with van der Waals surface area (Å²) in [5, 5.41) is 9.09. The molecule has 1 fully saturated rings. The molecule has 2 heterocycles. The Kier molecular flexibility index (Phi) is 3.36. The Labute approximate surface area is 95.1 Å². The van der Waals surface area contributed by atoms with Gasteiger partial charge in [0.1, 0.15) is 0 Å². The van der Waals surface area contributed by atoms with E-state index in [0.29, 0.717) is 13.2 Å². The summed E-state index contributed by atoms with van der Waals surface area (Å²) in [7, 11) is 0. The first kappa shape index (κ1) is 11.3. The SMILES string of the molecule is Cc1cnc(C)c(N2CCOC(CO)C2)n1. The van der Waals surface area contributed by atoms with Crippen LogP contribution in [0, 0.1) is 13.8 Å². The second kappa shape index (κ2) is 4.76. The van der Waals surface area contributed by atoms with E-state index in [1.807, 2.05) is 13.8 Å². The lowest BCUT2D eigenvalue weighted by molar-refractivity contribution is 0.00330. The number of morpholine rings is 1. The lowest BCUT2D eigenvalue weighted by Gasteiger charge is -2.33. The molecule has 5 heteroatoms. The van der Waals surface area contributed by atoms with Crippen molar-refractivity contribution >= 4 is 5.82 Å². The third-order valence-corrected chi connectivity index (χ3v) is 2.69. The second-order valence-corrected chi connectivity index (χ2v) is 4.04. The minimum Gasteiger partial charge on any atom is -0.394 e. The maximum Gasteiger partial charge on any atom is 0.150 e. The molecule has 2 rings (SSSR count). The van der Waals surface area contributed by atoms with Crippen molar-refractivity contribution in [2.75, 3.05) is 31.2 Å². The molecule has 1 atom stereocenters. The first-order valence-electron chi connectivity index (χ1n) is 5.48. The summed E-state index contributed by atoms with van der Waals surface area (Å²) in [6, 6.07) is 0. The van der Waals surface area contributed by atoms with Crippen molar-refractivity contribution < 1.29 is 9.84 Å². The fourth-order valence-electron chi connectivity index (χ4n) is 1.85. The second-order valence-electron chi connectivity index (χ2n) is 4.04. The van der Waals surface area contributed by atoms with Gasteiger partial charge in [-0.25, -0.2) is 4.98 Å². The Balaban J connectivity index is 2.19. The average Bonchev–Trinajstić information content (AvgIpc) is 2.32. The molecule has 88 valence electrons. The molecular formula is C11H17N3O2. The van der Waals surface area contributed by atoms with Gasteiger partial charge in [0.25, 0.3) is 0 Å². The zero-order chi connectivity index (χ0) is 11.5. The van der Waals surface area contributed by atoms with Crippen molar-refractivity contribution in [2.24, 2.45) is 0 Å². The number of anilines is 1. The minimum atomic E-state index is -0.115. The molecule has 1 aromatic heterocycles. The van der Waals surface area contributed by atoms with Gasteiger partial charge in [-0.15, -0.1) is 0 Å². The summed E-state index contributed by atoms with van der Waals surface area (Å²) < 4.78 is 5.41. The lowest BCUT2D eigenvalue weighted by Crippen LogP contribution is -2.44.